The zero-order valence-corrected chi connectivity index (χ0v) is 14.1. The fourth-order valence-electron chi connectivity index (χ4n) is 3.43. The molecular formula is C20H17N3O3. The van der Waals surface area contributed by atoms with Crippen LogP contribution in [0.5, 0.6) is 0 Å². The molecule has 0 fully saturated rings. The van der Waals surface area contributed by atoms with Crippen molar-refractivity contribution in [2.75, 3.05) is 6.54 Å². The van der Waals surface area contributed by atoms with Gasteiger partial charge < -0.3 is 9.32 Å². The number of aromatic nitrogens is 1. The molecule has 4 rings (SSSR count). The van der Waals surface area contributed by atoms with E-state index in [1.165, 1.54) is 4.57 Å². The minimum Gasteiger partial charge on any atom is -0.408 e. The molecule has 0 N–H and O–H groups in total. The van der Waals surface area contributed by atoms with E-state index in [0.29, 0.717) is 36.3 Å². The molecule has 2 aromatic carbocycles. The highest BCUT2D eigenvalue weighted by atomic mass is 16.4. The normalized spacial score (nSPS) is 13.4. The smallest absolute Gasteiger partial charge is 0.408 e. The minimum absolute atomic E-state index is 0.0113. The Morgan fingerprint density at radius 2 is 2.04 bits per heavy atom. The van der Waals surface area contributed by atoms with Crippen LogP contribution in [0.3, 0.4) is 0 Å². The van der Waals surface area contributed by atoms with Gasteiger partial charge >= 0.3 is 5.76 Å². The van der Waals surface area contributed by atoms with E-state index in [0.717, 1.165) is 17.5 Å². The Labute approximate surface area is 149 Å². The van der Waals surface area contributed by atoms with Crippen molar-refractivity contribution < 1.29 is 9.21 Å². The van der Waals surface area contributed by atoms with Gasteiger partial charge in [-0.3, -0.25) is 9.36 Å². The number of fused-ring (bicyclic) bond motifs is 2. The van der Waals surface area contributed by atoms with Crippen LogP contribution in [0.25, 0.3) is 11.1 Å². The molecule has 1 amide bonds. The number of carbonyl (C=O) groups excluding carboxylic acids is 1. The highest BCUT2D eigenvalue weighted by Gasteiger charge is 2.21. The Kier molecular flexibility index (Phi) is 4.05. The molecule has 1 aromatic heterocycles. The molecule has 0 unspecified atom stereocenters. The second-order valence-corrected chi connectivity index (χ2v) is 6.40. The lowest BCUT2D eigenvalue weighted by molar-refractivity contribution is -0.132. The molecule has 0 atom stereocenters. The van der Waals surface area contributed by atoms with Gasteiger partial charge in [-0.15, -0.1) is 0 Å². The highest BCUT2D eigenvalue weighted by molar-refractivity contribution is 5.77. The Morgan fingerprint density at radius 3 is 2.88 bits per heavy atom. The van der Waals surface area contributed by atoms with E-state index in [1.807, 2.05) is 35.2 Å². The maximum atomic E-state index is 12.6. The summed E-state index contributed by atoms with van der Waals surface area (Å²) in [6, 6.07) is 14.9. The lowest BCUT2D eigenvalue weighted by Gasteiger charge is -2.29. The van der Waals surface area contributed by atoms with Crippen LogP contribution in [-0.2, 0) is 24.3 Å². The molecule has 0 radical (unpaired) electrons. The maximum Gasteiger partial charge on any atom is 0.419 e. The number of hydrogen-bond donors (Lipinski definition) is 0. The summed E-state index contributed by atoms with van der Waals surface area (Å²) < 4.78 is 6.71. The van der Waals surface area contributed by atoms with Gasteiger partial charge in [0.2, 0.25) is 5.91 Å². The van der Waals surface area contributed by atoms with Gasteiger partial charge in [0.15, 0.2) is 5.58 Å². The van der Waals surface area contributed by atoms with Gasteiger partial charge in [0.1, 0.15) is 0 Å². The minimum atomic E-state index is -0.438. The predicted octanol–water partition coefficient (Wildman–Crippen LogP) is 2.44. The Balaban J connectivity index is 1.46. The van der Waals surface area contributed by atoms with Crippen molar-refractivity contribution in [1.82, 2.24) is 9.47 Å². The molecule has 6 nitrogen and oxygen atoms in total. The molecule has 0 spiro atoms. The van der Waals surface area contributed by atoms with E-state index in [2.05, 4.69) is 6.07 Å². The number of carbonyl (C=O) groups is 1. The van der Waals surface area contributed by atoms with Crippen LogP contribution in [-0.4, -0.2) is 21.9 Å². The van der Waals surface area contributed by atoms with Gasteiger partial charge in [0, 0.05) is 26.1 Å². The van der Waals surface area contributed by atoms with E-state index < -0.39 is 5.76 Å². The zero-order valence-electron chi connectivity index (χ0n) is 14.1. The molecule has 0 aliphatic carbocycles. The Bertz CT molecular complexity index is 1090. The predicted molar refractivity (Wildman–Crippen MR) is 95.4 cm³/mol. The summed E-state index contributed by atoms with van der Waals surface area (Å²) in [4.78, 5) is 26.4. The van der Waals surface area contributed by atoms with Crippen molar-refractivity contribution >= 4 is 17.0 Å². The maximum absolute atomic E-state index is 12.6. The molecule has 0 saturated carbocycles. The Morgan fingerprint density at radius 1 is 1.19 bits per heavy atom. The number of oxazole rings is 1. The molecule has 2 heterocycles. The lowest BCUT2D eigenvalue weighted by Crippen LogP contribution is -2.36. The average Bonchev–Trinajstić information content (AvgIpc) is 3.00. The van der Waals surface area contributed by atoms with Crippen LogP contribution in [0, 0.1) is 11.3 Å². The number of benzene rings is 2. The van der Waals surface area contributed by atoms with Crippen LogP contribution in [0.4, 0.5) is 0 Å². The molecule has 26 heavy (non-hydrogen) atoms. The van der Waals surface area contributed by atoms with Crippen molar-refractivity contribution in [1.29, 1.82) is 5.26 Å². The number of hydrogen-bond acceptors (Lipinski definition) is 4. The van der Waals surface area contributed by atoms with Crippen molar-refractivity contribution in [2.45, 2.75) is 25.9 Å². The largest absolute Gasteiger partial charge is 0.419 e. The molecule has 1 aliphatic heterocycles. The number of aryl methyl sites for hydroxylation is 1. The summed E-state index contributed by atoms with van der Waals surface area (Å²) in [6.45, 7) is 1.47. The van der Waals surface area contributed by atoms with Gasteiger partial charge in [-0.05, 0) is 41.8 Å². The van der Waals surface area contributed by atoms with Crippen LogP contribution in [0.15, 0.2) is 51.7 Å². The summed E-state index contributed by atoms with van der Waals surface area (Å²) in [7, 11) is 0. The topological polar surface area (TPSA) is 79.2 Å². The first-order valence-corrected chi connectivity index (χ1v) is 8.54. The number of rotatable bonds is 3. The molecule has 1 aliphatic rings. The third-order valence-corrected chi connectivity index (χ3v) is 4.82. The van der Waals surface area contributed by atoms with E-state index in [9.17, 15) is 9.59 Å². The fourth-order valence-corrected chi connectivity index (χ4v) is 3.43. The first kappa shape index (κ1) is 16.2. The van der Waals surface area contributed by atoms with E-state index >= 15 is 0 Å². The monoisotopic (exact) mass is 347 g/mol. The number of nitriles is 1. The molecule has 0 bridgehead atoms. The SMILES string of the molecule is N#Cc1ccc2c(c1)CCN(C(=O)CCn1c(=O)oc3ccccc31)C2. The third kappa shape index (κ3) is 2.88. The summed E-state index contributed by atoms with van der Waals surface area (Å²) >= 11 is 0. The number of amides is 1. The molecule has 3 aromatic rings. The van der Waals surface area contributed by atoms with E-state index in [1.54, 1.807) is 12.1 Å². The molecule has 0 saturated heterocycles. The van der Waals surface area contributed by atoms with Crippen LogP contribution in [0.1, 0.15) is 23.1 Å². The zero-order chi connectivity index (χ0) is 18.1. The third-order valence-electron chi connectivity index (χ3n) is 4.82. The first-order chi connectivity index (χ1) is 12.7. The van der Waals surface area contributed by atoms with Crippen LogP contribution < -0.4 is 5.76 Å². The van der Waals surface area contributed by atoms with Gasteiger partial charge in [-0.2, -0.15) is 5.26 Å². The van der Waals surface area contributed by atoms with Gasteiger partial charge in [0.25, 0.3) is 0 Å². The number of para-hydroxylation sites is 2. The van der Waals surface area contributed by atoms with E-state index in [4.69, 9.17) is 9.68 Å². The number of nitrogens with zero attached hydrogens (tertiary/aromatic N) is 3. The summed E-state index contributed by atoms with van der Waals surface area (Å²) in [5, 5.41) is 8.99. The second-order valence-electron chi connectivity index (χ2n) is 6.40. The van der Waals surface area contributed by atoms with Crippen molar-refractivity contribution in [2.24, 2.45) is 0 Å². The average molecular weight is 347 g/mol. The van der Waals surface area contributed by atoms with E-state index in [-0.39, 0.29) is 12.3 Å². The van der Waals surface area contributed by atoms with Crippen molar-refractivity contribution in [3.63, 3.8) is 0 Å². The van der Waals surface area contributed by atoms with Crippen molar-refractivity contribution in [3.05, 3.63) is 69.7 Å². The lowest BCUT2D eigenvalue weighted by atomic mass is 9.97. The first-order valence-electron chi connectivity index (χ1n) is 8.54. The van der Waals surface area contributed by atoms with Gasteiger partial charge in [-0.1, -0.05) is 18.2 Å². The quantitative estimate of drug-likeness (QED) is 0.729. The molecule has 130 valence electrons. The summed E-state index contributed by atoms with van der Waals surface area (Å²) in [6.07, 6.45) is 0.986. The second kappa shape index (κ2) is 6.52. The Hall–Kier alpha value is -3.33. The van der Waals surface area contributed by atoms with Gasteiger partial charge in [-0.25, -0.2) is 4.79 Å². The fraction of sp³-hybridized carbons (Fsp3) is 0.250. The van der Waals surface area contributed by atoms with Crippen LogP contribution in [0.2, 0.25) is 0 Å². The van der Waals surface area contributed by atoms with Crippen LogP contribution >= 0.6 is 0 Å². The standard InChI is InChI=1S/C20H17N3O3/c21-12-14-5-6-16-13-22(9-7-15(16)11-14)19(24)8-10-23-17-3-1-2-4-18(17)26-20(23)25/h1-6,11H,7-10,13H2. The summed E-state index contributed by atoms with van der Waals surface area (Å²) in [5.41, 5.74) is 4.10. The summed E-state index contributed by atoms with van der Waals surface area (Å²) in [5.74, 6) is -0.427. The molecule has 6 heteroatoms. The van der Waals surface area contributed by atoms with Gasteiger partial charge in [0.05, 0.1) is 17.1 Å². The highest BCUT2D eigenvalue weighted by Crippen LogP contribution is 2.21. The van der Waals surface area contributed by atoms with Crippen molar-refractivity contribution in [3.8, 4) is 6.07 Å². The molecular weight excluding hydrogens is 330 g/mol.